The molecular weight excluding hydrogens is 118 g/mol. The number of H-pyrrole nitrogens is 1. The number of hydrogen-bond acceptors (Lipinski definition) is 3. The monoisotopic (exact) mass is 125 g/mol. The fourth-order valence-electron chi connectivity index (χ4n) is 0.716. The van der Waals surface area contributed by atoms with Crippen LogP contribution in [0.25, 0.3) is 0 Å². The third-order valence-corrected chi connectivity index (χ3v) is 1.54. The molecule has 0 bridgehead atoms. The molecule has 0 amide bonds. The lowest BCUT2D eigenvalue weighted by molar-refractivity contribution is 0.323. The summed E-state index contributed by atoms with van der Waals surface area (Å²) in [6, 6.07) is 0. The van der Waals surface area contributed by atoms with Crippen molar-refractivity contribution < 1.29 is 4.74 Å². The summed E-state index contributed by atoms with van der Waals surface area (Å²) in [5, 5.41) is 10.0. The molecule has 1 aliphatic heterocycles. The second kappa shape index (κ2) is 1.33. The Kier molecular flexibility index (Phi) is 0.728. The van der Waals surface area contributed by atoms with Gasteiger partial charge >= 0.3 is 0 Å². The van der Waals surface area contributed by atoms with Crippen LogP contribution in [0.3, 0.4) is 0 Å². The highest BCUT2D eigenvalue weighted by molar-refractivity contribution is 5.10. The molecule has 1 atom stereocenters. The van der Waals surface area contributed by atoms with Gasteiger partial charge in [-0.3, -0.25) is 5.10 Å². The van der Waals surface area contributed by atoms with Gasteiger partial charge in [-0.1, -0.05) is 5.21 Å². The van der Waals surface area contributed by atoms with Crippen molar-refractivity contribution >= 4 is 0 Å². The first-order valence-corrected chi connectivity index (χ1v) is 2.82. The van der Waals surface area contributed by atoms with Crippen LogP contribution in [0.15, 0.2) is 6.20 Å². The van der Waals surface area contributed by atoms with Crippen molar-refractivity contribution in [1.29, 1.82) is 0 Å². The highest BCUT2D eigenvalue weighted by Gasteiger charge is 2.43. The molecule has 1 aliphatic rings. The number of epoxide rings is 1. The molecule has 2 rings (SSSR count). The first kappa shape index (κ1) is 4.93. The summed E-state index contributed by atoms with van der Waals surface area (Å²) in [6.07, 6.45) is 1.76. The molecule has 0 aliphatic carbocycles. The smallest absolute Gasteiger partial charge is 0.134 e. The Hall–Kier alpha value is -0.900. The standard InChI is InChI=1S/C5H7N3O/c1-5(3-9-5)4-2-6-8-7-4/h2H,3H2,1H3,(H,6,7,8). The van der Waals surface area contributed by atoms with Gasteiger partial charge in [0.05, 0.1) is 6.61 Å². The number of nitrogens with zero attached hydrogens (tertiary/aromatic N) is 2. The lowest BCUT2D eigenvalue weighted by Gasteiger charge is -1.93. The maximum atomic E-state index is 5.12. The predicted molar refractivity (Wildman–Crippen MR) is 29.7 cm³/mol. The second-order valence-corrected chi connectivity index (χ2v) is 2.38. The SMILES string of the molecule is CC1(c2c[nH]nn2)CO1. The van der Waals surface area contributed by atoms with Crippen LogP contribution in [0.4, 0.5) is 0 Å². The molecule has 9 heavy (non-hydrogen) atoms. The Morgan fingerprint density at radius 1 is 1.89 bits per heavy atom. The molecule has 2 heterocycles. The Bertz CT molecular complexity index is 202. The van der Waals surface area contributed by atoms with E-state index in [2.05, 4.69) is 15.4 Å². The average Bonchev–Trinajstić information content (AvgIpc) is 2.46. The van der Waals surface area contributed by atoms with E-state index in [1.54, 1.807) is 6.20 Å². The normalized spacial score (nSPS) is 32.6. The minimum atomic E-state index is -0.132. The molecular formula is C5H7N3O. The van der Waals surface area contributed by atoms with E-state index >= 15 is 0 Å². The van der Waals surface area contributed by atoms with Crippen molar-refractivity contribution in [3.63, 3.8) is 0 Å². The molecule has 1 unspecified atom stereocenters. The largest absolute Gasteiger partial charge is 0.363 e. The minimum Gasteiger partial charge on any atom is -0.363 e. The van der Waals surface area contributed by atoms with E-state index in [0.717, 1.165) is 12.3 Å². The Labute approximate surface area is 52.2 Å². The van der Waals surface area contributed by atoms with Gasteiger partial charge in [0.1, 0.15) is 11.3 Å². The zero-order valence-electron chi connectivity index (χ0n) is 5.09. The number of aromatic amines is 1. The average molecular weight is 125 g/mol. The van der Waals surface area contributed by atoms with Crippen molar-refractivity contribution in [3.05, 3.63) is 11.9 Å². The molecule has 0 spiro atoms. The molecule has 1 N–H and O–H groups in total. The summed E-state index contributed by atoms with van der Waals surface area (Å²) < 4.78 is 5.12. The zero-order chi connectivity index (χ0) is 6.32. The number of aromatic nitrogens is 3. The molecule has 4 nitrogen and oxygen atoms in total. The van der Waals surface area contributed by atoms with Crippen molar-refractivity contribution in [2.75, 3.05) is 6.61 Å². The van der Waals surface area contributed by atoms with Crippen LogP contribution in [0, 0.1) is 0 Å². The van der Waals surface area contributed by atoms with Crippen molar-refractivity contribution in [1.82, 2.24) is 15.4 Å². The predicted octanol–water partition coefficient (Wildman–Crippen LogP) is 0.0501. The zero-order valence-corrected chi connectivity index (χ0v) is 5.09. The van der Waals surface area contributed by atoms with Gasteiger partial charge in [0.2, 0.25) is 0 Å². The van der Waals surface area contributed by atoms with Gasteiger partial charge in [0, 0.05) is 6.20 Å². The summed E-state index contributed by atoms with van der Waals surface area (Å²) in [6.45, 7) is 2.75. The van der Waals surface area contributed by atoms with Crippen LogP contribution in [-0.4, -0.2) is 22.0 Å². The topological polar surface area (TPSA) is 54.1 Å². The summed E-state index contributed by atoms with van der Waals surface area (Å²) in [7, 11) is 0. The van der Waals surface area contributed by atoms with E-state index < -0.39 is 0 Å². The maximum absolute atomic E-state index is 5.12. The lowest BCUT2D eigenvalue weighted by atomic mass is 10.1. The quantitative estimate of drug-likeness (QED) is 0.539. The molecule has 48 valence electrons. The highest BCUT2D eigenvalue weighted by atomic mass is 16.6. The summed E-state index contributed by atoms with van der Waals surface area (Å²) in [5.74, 6) is 0. The van der Waals surface area contributed by atoms with Crippen molar-refractivity contribution in [2.45, 2.75) is 12.5 Å². The van der Waals surface area contributed by atoms with Crippen LogP contribution in [-0.2, 0) is 10.3 Å². The fraction of sp³-hybridized carbons (Fsp3) is 0.600. The Balaban J connectivity index is 2.34. The van der Waals surface area contributed by atoms with E-state index in [9.17, 15) is 0 Å². The van der Waals surface area contributed by atoms with Gasteiger partial charge in [-0.05, 0) is 6.92 Å². The summed E-state index contributed by atoms with van der Waals surface area (Å²) >= 11 is 0. The van der Waals surface area contributed by atoms with Gasteiger partial charge in [0.15, 0.2) is 0 Å². The van der Waals surface area contributed by atoms with Crippen LogP contribution in [0.2, 0.25) is 0 Å². The molecule has 1 aromatic heterocycles. The van der Waals surface area contributed by atoms with Crippen molar-refractivity contribution in [3.8, 4) is 0 Å². The van der Waals surface area contributed by atoms with Crippen LogP contribution in [0.1, 0.15) is 12.6 Å². The molecule has 0 radical (unpaired) electrons. The van der Waals surface area contributed by atoms with E-state index in [1.807, 2.05) is 6.92 Å². The van der Waals surface area contributed by atoms with Gasteiger partial charge in [-0.2, -0.15) is 0 Å². The summed E-state index contributed by atoms with van der Waals surface area (Å²) in [5.41, 5.74) is 0.759. The maximum Gasteiger partial charge on any atom is 0.134 e. The van der Waals surface area contributed by atoms with Crippen LogP contribution in [0.5, 0.6) is 0 Å². The lowest BCUT2D eigenvalue weighted by Crippen LogP contribution is -2.01. The van der Waals surface area contributed by atoms with E-state index in [0.29, 0.717) is 0 Å². The van der Waals surface area contributed by atoms with Crippen LogP contribution >= 0.6 is 0 Å². The van der Waals surface area contributed by atoms with E-state index in [4.69, 9.17) is 4.74 Å². The first-order valence-electron chi connectivity index (χ1n) is 2.82. The number of nitrogens with one attached hydrogen (secondary N) is 1. The van der Waals surface area contributed by atoms with Gasteiger partial charge < -0.3 is 4.74 Å². The Morgan fingerprint density at radius 2 is 2.67 bits per heavy atom. The van der Waals surface area contributed by atoms with E-state index in [-0.39, 0.29) is 5.60 Å². The second-order valence-electron chi connectivity index (χ2n) is 2.38. The van der Waals surface area contributed by atoms with Crippen molar-refractivity contribution in [2.24, 2.45) is 0 Å². The third-order valence-electron chi connectivity index (χ3n) is 1.54. The summed E-state index contributed by atoms with van der Waals surface area (Å²) in [4.78, 5) is 0. The molecule has 0 aromatic carbocycles. The van der Waals surface area contributed by atoms with Gasteiger partial charge in [-0.25, -0.2) is 0 Å². The number of rotatable bonds is 1. The molecule has 1 aromatic rings. The molecule has 1 saturated heterocycles. The van der Waals surface area contributed by atoms with Crippen LogP contribution < -0.4 is 0 Å². The molecule has 4 heteroatoms. The molecule has 1 fully saturated rings. The van der Waals surface area contributed by atoms with Gasteiger partial charge in [-0.15, -0.1) is 5.10 Å². The number of hydrogen-bond donors (Lipinski definition) is 1. The van der Waals surface area contributed by atoms with E-state index in [1.165, 1.54) is 0 Å². The minimum absolute atomic E-state index is 0.132. The fourth-order valence-corrected chi connectivity index (χ4v) is 0.716. The Morgan fingerprint density at radius 3 is 3.11 bits per heavy atom. The number of ether oxygens (including phenoxy) is 1. The highest BCUT2D eigenvalue weighted by Crippen LogP contribution is 2.35. The third kappa shape index (κ3) is 0.632. The first-order chi connectivity index (χ1) is 4.31. The van der Waals surface area contributed by atoms with Gasteiger partial charge in [0.25, 0.3) is 0 Å². The molecule has 0 saturated carbocycles.